The Balaban J connectivity index is 1.18. The molecular formula is C26H49N3. The zero-order valence-electron chi connectivity index (χ0n) is 20.5. The predicted octanol–water partition coefficient (Wildman–Crippen LogP) is 5.25. The molecule has 4 aliphatic rings. The average molecular weight is 404 g/mol. The first-order valence-corrected chi connectivity index (χ1v) is 12.8. The Morgan fingerprint density at radius 2 is 1.07 bits per heavy atom. The second kappa shape index (κ2) is 8.10. The van der Waals surface area contributed by atoms with E-state index in [4.69, 9.17) is 0 Å². The van der Waals surface area contributed by atoms with E-state index in [1.165, 1.54) is 90.6 Å². The summed E-state index contributed by atoms with van der Waals surface area (Å²) in [4.78, 5) is 8.43. The Hall–Kier alpha value is -0.120. The first-order chi connectivity index (χ1) is 13.6. The molecule has 3 aliphatic heterocycles. The minimum atomic E-state index is 0.366. The lowest BCUT2D eigenvalue weighted by atomic mass is 9.66. The van der Waals surface area contributed by atoms with Gasteiger partial charge in [-0.1, -0.05) is 20.8 Å². The van der Waals surface area contributed by atoms with Crippen molar-refractivity contribution in [1.29, 1.82) is 0 Å². The number of likely N-dealkylation sites (tertiary alicyclic amines) is 3. The van der Waals surface area contributed by atoms with Crippen molar-refractivity contribution in [3.8, 4) is 0 Å². The molecule has 3 heterocycles. The molecule has 0 bridgehead atoms. The molecule has 0 radical (unpaired) electrons. The summed E-state index contributed by atoms with van der Waals surface area (Å²) in [6.45, 7) is 22.6. The van der Waals surface area contributed by atoms with Crippen molar-refractivity contribution in [2.24, 2.45) is 16.7 Å². The highest BCUT2D eigenvalue weighted by Crippen LogP contribution is 2.47. The van der Waals surface area contributed by atoms with Crippen molar-refractivity contribution in [2.45, 2.75) is 111 Å². The minimum Gasteiger partial charge on any atom is -0.300 e. The molecule has 3 heteroatoms. The van der Waals surface area contributed by atoms with Crippen LogP contribution in [0.15, 0.2) is 0 Å². The van der Waals surface area contributed by atoms with Gasteiger partial charge in [-0.3, -0.25) is 4.90 Å². The van der Waals surface area contributed by atoms with E-state index >= 15 is 0 Å². The molecule has 1 spiro atoms. The van der Waals surface area contributed by atoms with Crippen LogP contribution in [0.5, 0.6) is 0 Å². The van der Waals surface area contributed by atoms with Crippen molar-refractivity contribution >= 4 is 0 Å². The van der Waals surface area contributed by atoms with Gasteiger partial charge in [0.05, 0.1) is 0 Å². The molecule has 0 amide bonds. The monoisotopic (exact) mass is 403 g/mol. The van der Waals surface area contributed by atoms with E-state index in [0.717, 1.165) is 18.0 Å². The molecule has 0 aromatic carbocycles. The van der Waals surface area contributed by atoms with Crippen LogP contribution in [0.2, 0.25) is 0 Å². The van der Waals surface area contributed by atoms with E-state index in [2.05, 4.69) is 56.2 Å². The molecule has 3 saturated heterocycles. The summed E-state index contributed by atoms with van der Waals surface area (Å²) in [6.07, 6.45) is 11.5. The summed E-state index contributed by atoms with van der Waals surface area (Å²) in [5.74, 6) is 0.925. The van der Waals surface area contributed by atoms with Crippen molar-refractivity contribution < 1.29 is 0 Å². The molecule has 0 atom stereocenters. The van der Waals surface area contributed by atoms with Crippen LogP contribution in [-0.4, -0.2) is 71.6 Å². The van der Waals surface area contributed by atoms with Gasteiger partial charge in [-0.15, -0.1) is 0 Å². The highest BCUT2D eigenvalue weighted by Gasteiger charge is 2.48. The Bertz CT molecular complexity index is 525. The van der Waals surface area contributed by atoms with E-state index in [1.807, 2.05) is 0 Å². The average Bonchev–Trinajstić information content (AvgIpc) is 2.65. The van der Waals surface area contributed by atoms with Gasteiger partial charge in [-0.05, 0) is 115 Å². The van der Waals surface area contributed by atoms with Crippen LogP contribution in [0.3, 0.4) is 0 Å². The van der Waals surface area contributed by atoms with Crippen LogP contribution >= 0.6 is 0 Å². The third-order valence-electron chi connectivity index (χ3n) is 9.30. The van der Waals surface area contributed by atoms with Crippen LogP contribution < -0.4 is 0 Å². The molecule has 0 aromatic rings. The van der Waals surface area contributed by atoms with Crippen LogP contribution in [0.4, 0.5) is 0 Å². The van der Waals surface area contributed by atoms with Crippen molar-refractivity contribution in [1.82, 2.24) is 14.7 Å². The normalized spacial score (nSPS) is 30.0. The Labute approximate surface area is 181 Å². The van der Waals surface area contributed by atoms with Gasteiger partial charge in [-0.2, -0.15) is 0 Å². The minimum absolute atomic E-state index is 0.366. The summed E-state index contributed by atoms with van der Waals surface area (Å²) < 4.78 is 0. The lowest BCUT2D eigenvalue weighted by Crippen LogP contribution is -2.64. The second-order valence-corrected chi connectivity index (χ2v) is 13.2. The number of hydrogen-bond donors (Lipinski definition) is 0. The van der Waals surface area contributed by atoms with E-state index in [1.54, 1.807) is 0 Å². The zero-order chi connectivity index (χ0) is 20.9. The molecular weight excluding hydrogens is 354 g/mol. The Morgan fingerprint density at radius 1 is 0.621 bits per heavy atom. The molecule has 0 aromatic heterocycles. The van der Waals surface area contributed by atoms with Gasteiger partial charge in [0.15, 0.2) is 0 Å². The van der Waals surface area contributed by atoms with Gasteiger partial charge in [0.1, 0.15) is 0 Å². The number of piperidine rings is 2. The standard InChI is InChI=1S/C26H49N3/c1-24(2,3)21-9-15-27(16-10-21)23-11-17-28(18-12-23)22-7-13-26(14-8-22)19-29(20-26)25(4,5)6/h21-23H,7-20H2,1-6H3. The second-order valence-electron chi connectivity index (χ2n) is 13.2. The topological polar surface area (TPSA) is 9.72 Å². The van der Waals surface area contributed by atoms with Crippen molar-refractivity contribution in [2.75, 3.05) is 39.3 Å². The molecule has 4 fully saturated rings. The summed E-state index contributed by atoms with van der Waals surface area (Å²) in [5.41, 5.74) is 1.54. The van der Waals surface area contributed by atoms with E-state index in [9.17, 15) is 0 Å². The van der Waals surface area contributed by atoms with Gasteiger partial charge in [0, 0.05) is 30.7 Å². The van der Waals surface area contributed by atoms with Gasteiger partial charge in [0.2, 0.25) is 0 Å². The molecule has 0 N–H and O–H groups in total. The molecule has 4 rings (SSSR count). The fourth-order valence-corrected chi connectivity index (χ4v) is 6.88. The molecule has 1 saturated carbocycles. The molecule has 29 heavy (non-hydrogen) atoms. The van der Waals surface area contributed by atoms with Gasteiger partial charge in [0.25, 0.3) is 0 Å². The summed E-state index contributed by atoms with van der Waals surface area (Å²) >= 11 is 0. The van der Waals surface area contributed by atoms with Crippen molar-refractivity contribution in [3.63, 3.8) is 0 Å². The van der Waals surface area contributed by atoms with Crippen molar-refractivity contribution in [3.05, 3.63) is 0 Å². The Kier molecular flexibility index (Phi) is 6.17. The third-order valence-corrected chi connectivity index (χ3v) is 9.30. The van der Waals surface area contributed by atoms with Crippen LogP contribution in [0, 0.1) is 16.7 Å². The number of nitrogens with zero attached hydrogens (tertiary/aromatic N) is 3. The van der Waals surface area contributed by atoms with Crippen LogP contribution in [-0.2, 0) is 0 Å². The maximum absolute atomic E-state index is 2.88. The maximum atomic E-state index is 2.88. The van der Waals surface area contributed by atoms with Gasteiger partial charge in [-0.25, -0.2) is 0 Å². The third kappa shape index (κ3) is 4.88. The zero-order valence-corrected chi connectivity index (χ0v) is 20.5. The quantitative estimate of drug-likeness (QED) is 0.623. The van der Waals surface area contributed by atoms with E-state index in [0.29, 0.717) is 16.4 Å². The van der Waals surface area contributed by atoms with E-state index in [-0.39, 0.29) is 0 Å². The number of rotatable bonds is 2. The maximum Gasteiger partial charge on any atom is 0.0125 e. The summed E-state index contributed by atoms with van der Waals surface area (Å²) in [5, 5.41) is 0. The van der Waals surface area contributed by atoms with Crippen LogP contribution in [0.25, 0.3) is 0 Å². The largest absolute Gasteiger partial charge is 0.300 e. The van der Waals surface area contributed by atoms with Crippen LogP contribution in [0.1, 0.15) is 92.9 Å². The SMILES string of the molecule is CC(C)(C)C1CCN(C2CCN(C3CCC4(CC3)CN(C(C)(C)C)C4)CC2)CC1. The highest BCUT2D eigenvalue weighted by molar-refractivity contribution is 5.03. The first kappa shape index (κ1) is 22.1. The summed E-state index contributed by atoms with van der Waals surface area (Å²) in [7, 11) is 0. The molecule has 168 valence electrons. The fourth-order valence-electron chi connectivity index (χ4n) is 6.88. The molecule has 0 unspecified atom stereocenters. The predicted molar refractivity (Wildman–Crippen MR) is 124 cm³/mol. The molecule has 3 nitrogen and oxygen atoms in total. The van der Waals surface area contributed by atoms with Gasteiger partial charge < -0.3 is 9.80 Å². The lowest BCUT2D eigenvalue weighted by Gasteiger charge is -2.59. The first-order valence-electron chi connectivity index (χ1n) is 12.8. The summed E-state index contributed by atoms with van der Waals surface area (Å²) in [6, 6.07) is 1.76. The molecule has 1 aliphatic carbocycles. The Morgan fingerprint density at radius 3 is 1.52 bits per heavy atom. The fraction of sp³-hybridized carbons (Fsp3) is 1.00. The highest BCUT2D eigenvalue weighted by atomic mass is 15.3. The van der Waals surface area contributed by atoms with E-state index < -0.39 is 0 Å². The van der Waals surface area contributed by atoms with Gasteiger partial charge >= 0.3 is 0 Å². The lowest BCUT2D eigenvalue weighted by molar-refractivity contribution is -0.0906. The smallest absolute Gasteiger partial charge is 0.0125 e. The number of hydrogen-bond acceptors (Lipinski definition) is 3.